The third kappa shape index (κ3) is 2.52. The SMILES string of the molecule is CNc1nc(C)c(CC2CCCCC2)o1. The van der Waals surface area contributed by atoms with Crippen LogP contribution < -0.4 is 5.32 Å². The molecule has 1 aromatic rings. The Labute approximate surface area is 91.3 Å². The number of aryl methyl sites for hydroxylation is 1. The summed E-state index contributed by atoms with van der Waals surface area (Å²) in [6.07, 6.45) is 7.96. The van der Waals surface area contributed by atoms with Gasteiger partial charge in [0.15, 0.2) is 0 Å². The molecule has 84 valence electrons. The summed E-state index contributed by atoms with van der Waals surface area (Å²) in [5, 5.41) is 2.95. The summed E-state index contributed by atoms with van der Waals surface area (Å²) in [7, 11) is 1.84. The molecule has 1 aromatic heterocycles. The summed E-state index contributed by atoms with van der Waals surface area (Å²) >= 11 is 0. The average molecular weight is 208 g/mol. The number of rotatable bonds is 3. The zero-order valence-electron chi connectivity index (χ0n) is 9.68. The highest BCUT2D eigenvalue weighted by Gasteiger charge is 2.18. The largest absolute Gasteiger partial charge is 0.428 e. The molecule has 1 saturated carbocycles. The molecular weight excluding hydrogens is 188 g/mol. The molecule has 1 aliphatic rings. The van der Waals surface area contributed by atoms with E-state index < -0.39 is 0 Å². The molecule has 0 aliphatic heterocycles. The van der Waals surface area contributed by atoms with Gasteiger partial charge in [-0.3, -0.25) is 0 Å². The molecule has 0 radical (unpaired) electrons. The molecule has 0 saturated heterocycles. The number of hydrogen-bond acceptors (Lipinski definition) is 3. The third-order valence-corrected chi connectivity index (χ3v) is 3.31. The standard InChI is InChI=1S/C12H20N2O/c1-9-11(15-12(13-2)14-9)8-10-6-4-3-5-7-10/h10H,3-8H2,1-2H3,(H,13,14). The second kappa shape index (κ2) is 4.69. The van der Waals surface area contributed by atoms with Gasteiger partial charge in [-0.2, -0.15) is 4.98 Å². The molecule has 0 bridgehead atoms. The van der Waals surface area contributed by atoms with Crippen LogP contribution in [-0.2, 0) is 6.42 Å². The second-order valence-corrected chi connectivity index (χ2v) is 4.49. The van der Waals surface area contributed by atoms with Crippen molar-refractivity contribution in [2.45, 2.75) is 45.4 Å². The maximum absolute atomic E-state index is 5.64. The van der Waals surface area contributed by atoms with Crippen LogP contribution >= 0.6 is 0 Å². The van der Waals surface area contributed by atoms with E-state index in [9.17, 15) is 0 Å². The number of hydrogen-bond donors (Lipinski definition) is 1. The highest BCUT2D eigenvalue weighted by Crippen LogP contribution is 2.28. The zero-order valence-corrected chi connectivity index (χ0v) is 9.68. The fourth-order valence-electron chi connectivity index (χ4n) is 2.38. The Bertz CT molecular complexity index is 313. The van der Waals surface area contributed by atoms with Crippen molar-refractivity contribution in [3.8, 4) is 0 Å². The van der Waals surface area contributed by atoms with Gasteiger partial charge in [0.05, 0.1) is 5.69 Å². The lowest BCUT2D eigenvalue weighted by atomic mass is 9.86. The van der Waals surface area contributed by atoms with E-state index in [2.05, 4.69) is 10.3 Å². The van der Waals surface area contributed by atoms with Crippen molar-refractivity contribution in [3.63, 3.8) is 0 Å². The Kier molecular flexibility index (Phi) is 3.29. The lowest BCUT2D eigenvalue weighted by Gasteiger charge is -2.20. The van der Waals surface area contributed by atoms with Crippen molar-refractivity contribution in [2.24, 2.45) is 5.92 Å². The van der Waals surface area contributed by atoms with Crippen molar-refractivity contribution in [2.75, 3.05) is 12.4 Å². The minimum atomic E-state index is 0.651. The molecule has 0 unspecified atom stereocenters. The van der Waals surface area contributed by atoms with E-state index in [1.165, 1.54) is 32.1 Å². The Morgan fingerprint density at radius 3 is 2.67 bits per heavy atom. The molecule has 15 heavy (non-hydrogen) atoms. The van der Waals surface area contributed by atoms with Crippen LogP contribution in [0.2, 0.25) is 0 Å². The number of anilines is 1. The molecule has 0 atom stereocenters. The van der Waals surface area contributed by atoms with Gasteiger partial charge in [0.2, 0.25) is 0 Å². The van der Waals surface area contributed by atoms with Gasteiger partial charge >= 0.3 is 0 Å². The molecule has 1 N–H and O–H groups in total. The van der Waals surface area contributed by atoms with Crippen molar-refractivity contribution in [3.05, 3.63) is 11.5 Å². The van der Waals surface area contributed by atoms with Crippen LogP contribution in [0.25, 0.3) is 0 Å². The monoisotopic (exact) mass is 208 g/mol. The number of oxazole rings is 1. The Balaban J connectivity index is 1.99. The highest BCUT2D eigenvalue weighted by atomic mass is 16.4. The predicted octanol–water partition coefficient (Wildman–Crippen LogP) is 3.15. The van der Waals surface area contributed by atoms with E-state index in [0.717, 1.165) is 23.8 Å². The first-order valence-corrected chi connectivity index (χ1v) is 5.93. The van der Waals surface area contributed by atoms with Crippen LogP contribution in [0.3, 0.4) is 0 Å². The van der Waals surface area contributed by atoms with Crippen LogP contribution in [-0.4, -0.2) is 12.0 Å². The molecule has 3 nitrogen and oxygen atoms in total. The second-order valence-electron chi connectivity index (χ2n) is 4.49. The van der Waals surface area contributed by atoms with Gasteiger partial charge in [0.25, 0.3) is 6.01 Å². The summed E-state index contributed by atoms with van der Waals surface area (Å²) in [6, 6.07) is 0.651. The maximum atomic E-state index is 5.64. The Morgan fingerprint density at radius 1 is 1.33 bits per heavy atom. The quantitative estimate of drug-likeness (QED) is 0.829. The lowest BCUT2D eigenvalue weighted by Crippen LogP contribution is -2.09. The number of nitrogens with zero attached hydrogens (tertiary/aromatic N) is 1. The summed E-state index contributed by atoms with van der Waals surface area (Å²) < 4.78 is 5.64. The maximum Gasteiger partial charge on any atom is 0.294 e. The van der Waals surface area contributed by atoms with Gasteiger partial charge < -0.3 is 9.73 Å². The lowest BCUT2D eigenvalue weighted by molar-refractivity contribution is 0.334. The van der Waals surface area contributed by atoms with Crippen molar-refractivity contribution >= 4 is 6.01 Å². The van der Waals surface area contributed by atoms with E-state index in [1.807, 2.05) is 14.0 Å². The van der Waals surface area contributed by atoms with E-state index >= 15 is 0 Å². The van der Waals surface area contributed by atoms with Crippen LogP contribution in [0.15, 0.2) is 4.42 Å². The topological polar surface area (TPSA) is 38.1 Å². The van der Waals surface area contributed by atoms with Gasteiger partial charge in [0, 0.05) is 13.5 Å². The van der Waals surface area contributed by atoms with E-state index in [-0.39, 0.29) is 0 Å². The molecule has 1 aliphatic carbocycles. The average Bonchev–Trinajstić information content (AvgIpc) is 2.61. The summed E-state index contributed by atoms with van der Waals surface area (Å²) in [5.74, 6) is 1.89. The van der Waals surface area contributed by atoms with E-state index in [0.29, 0.717) is 6.01 Å². The molecule has 1 fully saturated rings. The van der Waals surface area contributed by atoms with Gasteiger partial charge in [-0.1, -0.05) is 32.1 Å². The van der Waals surface area contributed by atoms with Crippen LogP contribution in [0, 0.1) is 12.8 Å². The first-order valence-electron chi connectivity index (χ1n) is 5.93. The highest BCUT2D eigenvalue weighted by molar-refractivity contribution is 5.24. The normalized spacial score (nSPS) is 18.0. The van der Waals surface area contributed by atoms with Crippen LogP contribution in [0.1, 0.15) is 43.6 Å². The summed E-state index contributed by atoms with van der Waals surface area (Å²) in [5.41, 5.74) is 1.05. The minimum absolute atomic E-state index is 0.651. The first kappa shape index (κ1) is 10.5. The number of aromatic nitrogens is 1. The Morgan fingerprint density at radius 2 is 2.07 bits per heavy atom. The summed E-state index contributed by atoms with van der Waals surface area (Å²) in [4.78, 5) is 4.32. The van der Waals surface area contributed by atoms with E-state index in [4.69, 9.17) is 4.42 Å². The molecular formula is C12H20N2O. The van der Waals surface area contributed by atoms with Gasteiger partial charge in [-0.25, -0.2) is 0 Å². The Hall–Kier alpha value is -0.990. The van der Waals surface area contributed by atoms with Crippen molar-refractivity contribution < 1.29 is 4.42 Å². The summed E-state index contributed by atoms with van der Waals surface area (Å²) in [6.45, 7) is 2.03. The minimum Gasteiger partial charge on any atom is -0.428 e. The van der Waals surface area contributed by atoms with Gasteiger partial charge in [0.1, 0.15) is 5.76 Å². The fraction of sp³-hybridized carbons (Fsp3) is 0.750. The smallest absolute Gasteiger partial charge is 0.294 e. The molecule has 1 heterocycles. The van der Waals surface area contributed by atoms with Crippen LogP contribution in [0.4, 0.5) is 6.01 Å². The molecule has 0 aromatic carbocycles. The van der Waals surface area contributed by atoms with E-state index in [1.54, 1.807) is 0 Å². The molecule has 0 amide bonds. The van der Waals surface area contributed by atoms with Gasteiger partial charge in [-0.15, -0.1) is 0 Å². The molecule has 3 heteroatoms. The third-order valence-electron chi connectivity index (χ3n) is 3.31. The van der Waals surface area contributed by atoms with Crippen LogP contribution in [0.5, 0.6) is 0 Å². The zero-order chi connectivity index (χ0) is 10.7. The number of nitrogens with one attached hydrogen (secondary N) is 1. The molecule has 0 spiro atoms. The first-order chi connectivity index (χ1) is 7.29. The van der Waals surface area contributed by atoms with Crippen molar-refractivity contribution in [1.29, 1.82) is 0 Å². The van der Waals surface area contributed by atoms with Crippen molar-refractivity contribution in [1.82, 2.24) is 4.98 Å². The van der Waals surface area contributed by atoms with Gasteiger partial charge in [-0.05, 0) is 12.8 Å². The predicted molar refractivity (Wildman–Crippen MR) is 61.1 cm³/mol. The fourth-order valence-corrected chi connectivity index (χ4v) is 2.38. The molecule has 2 rings (SSSR count).